The van der Waals surface area contributed by atoms with Crippen molar-refractivity contribution in [1.82, 2.24) is 4.98 Å². The normalized spacial score (nSPS) is 10.6. The molecule has 0 radical (unpaired) electrons. The summed E-state index contributed by atoms with van der Waals surface area (Å²) in [5.74, 6) is -0.812. The van der Waals surface area contributed by atoms with Crippen LogP contribution in [0.15, 0.2) is 54.7 Å². The van der Waals surface area contributed by atoms with Crippen molar-refractivity contribution in [1.29, 1.82) is 0 Å². The van der Waals surface area contributed by atoms with Gasteiger partial charge in [0.1, 0.15) is 0 Å². The number of hydrogen-bond acceptors (Lipinski definition) is 4. The molecule has 0 spiro atoms. The molecule has 1 aromatic heterocycles. The van der Waals surface area contributed by atoms with Crippen LogP contribution in [0.4, 0.5) is 5.69 Å². The fourth-order valence-corrected chi connectivity index (χ4v) is 2.90. The highest BCUT2D eigenvalue weighted by atomic mass is 16.5. The smallest absolute Gasteiger partial charge is 0.310 e. The SMILES string of the molecule is CCCC(=O)Nc1ccc(C(=O)COC(=O)Cc2c[nH]c3ccccc23)cc1. The Kier molecular flexibility index (Phi) is 6.22. The van der Waals surface area contributed by atoms with E-state index >= 15 is 0 Å². The first-order valence-corrected chi connectivity index (χ1v) is 9.20. The number of nitrogens with one attached hydrogen (secondary N) is 2. The molecule has 0 saturated carbocycles. The molecule has 0 bridgehead atoms. The first kappa shape index (κ1) is 19.4. The highest BCUT2D eigenvalue weighted by molar-refractivity contribution is 5.99. The van der Waals surface area contributed by atoms with Gasteiger partial charge in [-0.3, -0.25) is 14.4 Å². The van der Waals surface area contributed by atoms with Gasteiger partial charge in [0.15, 0.2) is 12.4 Å². The summed E-state index contributed by atoms with van der Waals surface area (Å²) < 4.78 is 5.14. The van der Waals surface area contributed by atoms with Gasteiger partial charge in [-0.05, 0) is 42.3 Å². The molecule has 0 aliphatic carbocycles. The summed E-state index contributed by atoms with van der Waals surface area (Å²) in [5, 5.41) is 3.72. The van der Waals surface area contributed by atoms with Crippen LogP contribution in [0.25, 0.3) is 10.9 Å². The number of ether oxygens (including phenoxy) is 1. The molecule has 2 aromatic carbocycles. The highest BCUT2D eigenvalue weighted by Crippen LogP contribution is 2.18. The fourth-order valence-electron chi connectivity index (χ4n) is 2.90. The number of anilines is 1. The predicted molar refractivity (Wildman–Crippen MR) is 107 cm³/mol. The zero-order valence-electron chi connectivity index (χ0n) is 15.7. The quantitative estimate of drug-likeness (QED) is 0.460. The van der Waals surface area contributed by atoms with E-state index in [0.717, 1.165) is 22.9 Å². The molecule has 3 aromatic rings. The molecule has 0 unspecified atom stereocenters. The van der Waals surface area contributed by atoms with Crippen molar-refractivity contribution in [2.75, 3.05) is 11.9 Å². The van der Waals surface area contributed by atoms with Gasteiger partial charge in [-0.15, -0.1) is 0 Å². The van der Waals surface area contributed by atoms with Crippen molar-refractivity contribution in [3.63, 3.8) is 0 Å². The third-order valence-electron chi connectivity index (χ3n) is 4.34. The van der Waals surface area contributed by atoms with Crippen molar-refractivity contribution in [2.24, 2.45) is 0 Å². The van der Waals surface area contributed by atoms with E-state index in [-0.39, 0.29) is 24.7 Å². The number of carbonyl (C=O) groups excluding carboxylic acids is 3. The molecule has 1 amide bonds. The Hall–Kier alpha value is -3.41. The number of aromatic amines is 1. The van der Waals surface area contributed by atoms with Gasteiger partial charge in [0, 0.05) is 34.8 Å². The predicted octanol–water partition coefficient (Wildman–Crippen LogP) is 3.88. The van der Waals surface area contributed by atoms with E-state index < -0.39 is 5.97 Å². The number of benzene rings is 2. The second-order valence-corrected chi connectivity index (χ2v) is 6.50. The first-order chi connectivity index (χ1) is 13.6. The molecular formula is C22H22N2O4. The number of aromatic nitrogens is 1. The molecule has 6 nitrogen and oxygen atoms in total. The molecule has 0 atom stereocenters. The Bertz CT molecular complexity index is 989. The highest BCUT2D eigenvalue weighted by Gasteiger charge is 2.13. The Labute approximate surface area is 162 Å². The van der Waals surface area contributed by atoms with Crippen LogP contribution in [0, 0.1) is 0 Å². The third-order valence-corrected chi connectivity index (χ3v) is 4.34. The monoisotopic (exact) mass is 378 g/mol. The zero-order valence-corrected chi connectivity index (χ0v) is 15.7. The number of para-hydroxylation sites is 1. The average Bonchev–Trinajstić information content (AvgIpc) is 3.10. The molecule has 3 rings (SSSR count). The van der Waals surface area contributed by atoms with Crippen LogP contribution >= 0.6 is 0 Å². The van der Waals surface area contributed by atoms with Gasteiger partial charge in [-0.1, -0.05) is 25.1 Å². The standard InChI is InChI=1S/C22H22N2O4/c1-2-5-21(26)24-17-10-8-15(9-11-17)20(25)14-28-22(27)12-16-13-23-19-7-4-3-6-18(16)19/h3-4,6-11,13,23H,2,5,12,14H2,1H3,(H,24,26). The summed E-state index contributed by atoms with van der Waals surface area (Å²) in [6.07, 6.45) is 3.10. The minimum Gasteiger partial charge on any atom is -0.457 e. The van der Waals surface area contributed by atoms with E-state index in [9.17, 15) is 14.4 Å². The summed E-state index contributed by atoms with van der Waals surface area (Å²) in [5.41, 5.74) is 2.84. The molecule has 1 heterocycles. The van der Waals surface area contributed by atoms with E-state index in [1.807, 2.05) is 31.2 Å². The molecule has 28 heavy (non-hydrogen) atoms. The van der Waals surface area contributed by atoms with E-state index in [2.05, 4.69) is 10.3 Å². The largest absolute Gasteiger partial charge is 0.457 e. The lowest BCUT2D eigenvalue weighted by molar-refractivity contribution is -0.141. The average molecular weight is 378 g/mol. The van der Waals surface area contributed by atoms with Crippen LogP contribution in [0.5, 0.6) is 0 Å². The van der Waals surface area contributed by atoms with Crippen molar-refractivity contribution in [3.05, 3.63) is 65.9 Å². The minimum atomic E-state index is -0.457. The fraction of sp³-hybridized carbons (Fsp3) is 0.227. The Morgan fingerprint density at radius 1 is 1.04 bits per heavy atom. The number of rotatable bonds is 8. The second-order valence-electron chi connectivity index (χ2n) is 6.50. The van der Waals surface area contributed by atoms with Gasteiger partial charge < -0.3 is 15.0 Å². The third kappa shape index (κ3) is 4.85. The number of H-pyrrole nitrogens is 1. The maximum Gasteiger partial charge on any atom is 0.310 e. The number of Topliss-reactive ketones (excluding diaryl/α,β-unsaturated/α-hetero) is 1. The van der Waals surface area contributed by atoms with Crippen LogP contribution in [0.2, 0.25) is 0 Å². The van der Waals surface area contributed by atoms with E-state index in [1.54, 1.807) is 30.5 Å². The molecule has 0 fully saturated rings. The number of fused-ring (bicyclic) bond motifs is 1. The Morgan fingerprint density at radius 2 is 1.79 bits per heavy atom. The molecule has 0 aliphatic rings. The molecule has 2 N–H and O–H groups in total. The first-order valence-electron chi connectivity index (χ1n) is 9.20. The van der Waals surface area contributed by atoms with Crippen molar-refractivity contribution < 1.29 is 19.1 Å². The Balaban J connectivity index is 1.52. The molecule has 0 aliphatic heterocycles. The lowest BCUT2D eigenvalue weighted by Gasteiger charge is -2.07. The number of hydrogen-bond donors (Lipinski definition) is 2. The lowest BCUT2D eigenvalue weighted by atomic mass is 10.1. The van der Waals surface area contributed by atoms with Crippen LogP contribution in [0.3, 0.4) is 0 Å². The summed E-state index contributed by atoms with van der Waals surface area (Å²) in [7, 11) is 0. The van der Waals surface area contributed by atoms with Gasteiger partial charge in [0.2, 0.25) is 5.91 Å². The summed E-state index contributed by atoms with van der Waals surface area (Å²) in [6.45, 7) is 1.61. The summed E-state index contributed by atoms with van der Waals surface area (Å²) in [6, 6.07) is 14.2. The maximum atomic E-state index is 12.2. The van der Waals surface area contributed by atoms with Crippen LogP contribution in [-0.4, -0.2) is 29.3 Å². The number of amides is 1. The van der Waals surface area contributed by atoms with Crippen LogP contribution < -0.4 is 5.32 Å². The van der Waals surface area contributed by atoms with E-state index in [0.29, 0.717) is 17.7 Å². The topological polar surface area (TPSA) is 88.3 Å². The van der Waals surface area contributed by atoms with Gasteiger partial charge in [0.25, 0.3) is 0 Å². The second kappa shape index (κ2) is 8.99. The van der Waals surface area contributed by atoms with Crippen molar-refractivity contribution >= 4 is 34.3 Å². The molecular weight excluding hydrogens is 356 g/mol. The van der Waals surface area contributed by atoms with Gasteiger partial charge in [0.05, 0.1) is 6.42 Å². The number of ketones is 1. The number of esters is 1. The molecule has 6 heteroatoms. The summed E-state index contributed by atoms with van der Waals surface area (Å²) in [4.78, 5) is 39.0. The van der Waals surface area contributed by atoms with Crippen molar-refractivity contribution in [3.8, 4) is 0 Å². The van der Waals surface area contributed by atoms with Gasteiger partial charge in [-0.2, -0.15) is 0 Å². The lowest BCUT2D eigenvalue weighted by Crippen LogP contribution is -2.16. The van der Waals surface area contributed by atoms with Gasteiger partial charge in [-0.25, -0.2) is 0 Å². The molecule has 0 saturated heterocycles. The summed E-state index contributed by atoms with van der Waals surface area (Å²) >= 11 is 0. The molecule has 144 valence electrons. The minimum absolute atomic E-state index is 0.0622. The van der Waals surface area contributed by atoms with Gasteiger partial charge >= 0.3 is 5.97 Å². The van der Waals surface area contributed by atoms with E-state index in [4.69, 9.17) is 4.74 Å². The number of carbonyl (C=O) groups is 3. The van der Waals surface area contributed by atoms with Crippen LogP contribution in [0.1, 0.15) is 35.7 Å². The maximum absolute atomic E-state index is 12.2. The van der Waals surface area contributed by atoms with E-state index in [1.165, 1.54) is 0 Å². The van der Waals surface area contributed by atoms with Crippen molar-refractivity contribution in [2.45, 2.75) is 26.2 Å². The van der Waals surface area contributed by atoms with Crippen LogP contribution in [-0.2, 0) is 20.7 Å². The Morgan fingerprint density at radius 3 is 2.54 bits per heavy atom. The zero-order chi connectivity index (χ0) is 19.9.